The van der Waals surface area contributed by atoms with E-state index in [2.05, 4.69) is 4.98 Å². The van der Waals surface area contributed by atoms with E-state index in [-0.39, 0.29) is 10.6 Å². The molecule has 0 fully saturated rings. The van der Waals surface area contributed by atoms with E-state index in [0.717, 1.165) is 0 Å². The Morgan fingerprint density at radius 2 is 1.73 bits per heavy atom. The molecule has 3 rings (SSSR count). The molecule has 1 heterocycles. The average Bonchev–Trinajstić information content (AvgIpc) is 3.13. The quantitative estimate of drug-likeness (QED) is 0.276. The van der Waals surface area contributed by atoms with E-state index in [1.807, 2.05) is 0 Å². The van der Waals surface area contributed by atoms with Crippen LogP contribution in [0.25, 0.3) is 0 Å². The van der Waals surface area contributed by atoms with Gasteiger partial charge in [0.15, 0.2) is 0 Å². The third-order valence-corrected chi connectivity index (χ3v) is 4.76. The summed E-state index contributed by atoms with van der Waals surface area (Å²) in [4.78, 5) is 25.0. The maximum Gasteiger partial charge on any atom is 0.340 e. The molecule has 0 radical (unpaired) electrons. The van der Waals surface area contributed by atoms with Crippen LogP contribution in [-0.2, 0) is 11.3 Å². The van der Waals surface area contributed by atoms with Crippen LogP contribution in [0.1, 0.15) is 22.0 Å². The number of aromatic nitrogens is 2. The van der Waals surface area contributed by atoms with Crippen LogP contribution in [0, 0.1) is 10.1 Å². The van der Waals surface area contributed by atoms with Gasteiger partial charge in [-0.2, -0.15) is 0 Å². The molecule has 1 atom stereocenters. The van der Waals surface area contributed by atoms with Crippen LogP contribution >= 0.6 is 46.4 Å². The predicted molar refractivity (Wildman–Crippen MR) is 112 cm³/mol. The zero-order chi connectivity index (χ0) is 22.3. The van der Waals surface area contributed by atoms with E-state index < -0.39 is 17.2 Å². The first-order chi connectivity index (χ1) is 14.2. The van der Waals surface area contributed by atoms with Gasteiger partial charge in [-0.15, -0.1) is 10.1 Å². The lowest BCUT2D eigenvalue weighted by atomic mass is 10.1. The van der Waals surface area contributed by atoms with E-state index in [1.54, 1.807) is 47.6 Å². The first kappa shape index (κ1) is 23.8. The summed E-state index contributed by atoms with van der Waals surface area (Å²) < 4.78 is 7.48. The molecule has 0 saturated carbocycles. The third kappa shape index (κ3) is 7.07. The molecule has 0 aliphatic rings. The molecule has 0 saturated heterocycles. The van der Waals surface area contributed by atoms with E-state index in [4.69, 9.17) is 66.5 Å². The van der Waals surface area contributed by atoms with Crippen molar-refractivity contribution in [3.63, 3.8) is 0 Å². The maximum atomic E-state index is 12.6. The number of halogens is 4. The van der Waals surface area contributed by atoms with Crippen LogP contribution in [0.5, 0.6) is 0 Å². The van der Waals surface area contributed by atoms with Crippen LogP contribution in [-0.4, -0.2) is 25.8 Å². The standard InChI is InChI=1S/C18H12Cl4N2O2.HNO3/c19-11-1-3-13(15(21)7-11)17(9-24-6-5-23-10-24)26-18(25)14-4-2-12(20)8-16(14)22;2-1(3)4/h1-8,10,17H,9H2;(H,2,3,4). The van der Waals surface area contributed by atoms with Crippen LogP contribution in [0.2, 0.25) is 20.1 Å². The number of hydrogen-bond acceptors (Lipinski definition) is 5. The Kier molecular flexibility index (Phi) is 8.73. The number of ether oxygens (including phenoxy) is 1. The molecule has 0 amide bonds. The lowest BCUT2D eigenvalue weighted by molar-refractivity contribution is -0.742. The summed E-state index contributed by atoms with van der Waals surface area (Å²) in [5.41, 5.74) is 0.847. The first-order valence-corrected chi connectivity index (χ1v) is 9.58. The SMILES string of the molecule is O=C(OC(Cn1ccnc1)c1ccc(Cl)cc1Cl)c1ccc(Cl)cc1Cl.O=[N+]([O-])O. The van der Waals surface area contributed by atoms with Gasteiger partial charge in [0.05, 0.1) is 23.5 Å². The van der Waals surface area contributed by atoms with Crippen LogP contribution in [0.15, 0.2) is 55.1 Å². The highest BCUT2D eigenvalue weighted by Gasteiger charge is 2.22. The van der Waals surface area contributed by atoms with Gasteiger partial charge in [-0.3, -0.25) is 0 Å². The molecule has 1 unspecified atom stereocenters. The van der Waals surface area contributed by atoms with Crippen molar-refractivity contribution < 1.29 is 19.8 Å². The largest absolute Gasteiger partial charge is 0.452 e. The smallest absolute Gasteiger partial charge is 0.340 e. The van der Waals surface area contributed by atoms with E-state index in [1.165, 1.54) is 12.1 Å². The number of carbonyl (C=O) groups excluding carboxylic acids is 1. The Morgan fingerprint density at radius 3 is 2.27 bits per heavy atom. The average molecular weight is 493 g/mol. The van der Waals surface area contributed by atoms with E-state index in [9.17, 15) is 4.79 Å². The van der Waals surface area contributed by atoms with Crippen LogP contribution in [0.3, 0.4) is 0 Å². The number of benzene rings is 2. The molecule has 8 nitrogen and oxygen atoms in total. The highest BCUT2D eigenvalue weighted by Crippen LogP contribution is 2.31. The molecular weight excluding hydrogens is 480 g/mol. The van der Waals surface area contributed by atoms with Crippen molar-refractivity contribution in [2.45, 2.75) is 12.6 Å². The number of nitrogens with zero attached hydrogens (tertiary/aromatic N) is 3. The second-order valence-corrected chi connectivity index (χ2v) is 7.37. The Labute approximate surface area is 190 Å². The number of esters is 1. The fourth-order valence-corrected chi connectivity index (χ4v) is 3.41. The van der Waals surface area contributed by atoms with Crippen molar-refractivity contribution in [1.82, 2.24) is 9.55 Å². The summed E-state index contributed by atoms with van der Waals surface area (Å²) in [6.07, 6.45) is 4.37. The molecule has 0 aliphatic carbocycles. The number of carbonyl (C=O) groups is 1. The molecular formula is C18H13Cl4N3O5. The first-order valence-electron chi connectivity index (χ1n) is 8.07. The molecule has 3 aromatic rings. The zero-order valence-corrected chi connectivity index (χ0v) is 17.9. The van der Waals surface area contributed by atoms with Gasteiger partial charge in [0.1, 0.15) is 6.10 Å². The Hall–Kier alpha value is -2.52. The minimum atomic E-state index is -1.50. The molecule has 12 heteroatoms. The van der Waals surface area contributed by atoms with E-state index >= 15 is 0 Å². The Balaban J connectivity index is 0.000000735. The summed E-state index contributed by atoms with van der Waals surface area (Å²) in [5, 5.41) is 15.2. The van der Waals surface area contributed by atoms with Crippen molar-refractivity contribution in [2.24, 2.45) is 0 Å². The number of rotatable bonds is 5. The molecule has 2 aromatic carbocycles. The summed E-state index contributed by atoms with van der Waals surface area (Å²) >= 11 is 24.2. The number of imidazole rings is 1. The molecule has 0 aliphatic heterocycles. The summed E-state index contributed by atoms with van der Waals surface area (Å²) in [6.45, 7) is 0.332. The fourth-order valence-electron chi connectivity index (χ4n) is 2.40. The Morgan fingerprint density at radius 1 is 1.13 bits per heavy atom. The molecule has 0 spiro atoms. The normalized spacial score (nSPS) is 11.2. The second-order valence-electron chi connectivity index (χ2n) is 5.68. The van der Waals surface area contributed by atoms with Gasteiger partial charge in [-0.1, -0.05) is 52.5 Å². The van der Waals surface area contributed by atoms with Gasteiger partial charge < -0.3 is 14.5 Å². The maximum absolute atomic E-state index is 12.6. The zero-order valence-electron chi connectivity index (χ0n) is 14.9. The van der Waals surface area contributed by atoms with Gasteiger partial charge >= 0.3 is 5.97 Å². The summed E-state index contributed by atoms with van der Waals surface area (Å²) in [7, 11) is 0. The van der Waals surface area contributed by atoms with Crippen molar-refractivity contribution in [1.29, 1.82) is 0 Å². The lowest BCUT2D eigenvalue weighted by Crippen LogP contribution is -2.17. The highest BCUT2D eigenvalue weighted by molar-refractivity contribution is 6.36. The van der Waals surface area contributed by atoms with Crippen molar-refractivity contribution in [3.8, 4) is 0 Å². The predicted octanol–water partition coefficient (Wildman–Crippen LogP) is 5.75. The lowest BCUT2D eigenvalue weighted by Gasteiger charge is -2.20. The summed E-state index contributed by atoms with van der Waals surface area (Å²) in [5.74, 6) is -0.581. The topological polar surface area (TPSA) is 107 Å². The van der Waals surface area contributed by atoms with Gasteiger partial charge in [0.2, 0.25) is 0 Å². The third-order valence-electron chi connectivity index (χ3n) is 3.65. The fraction of sp³-hybridized carbons (Fsp3) is 0.111. The second kappa shape index (κ2) is 11.0. The van der Waals surface area contributed by atoms with E-state index in [0.29, 0.717) is 27.2 Å². The molecule has 0 bridgehead atoms. The monoisotopic (exact) mass is 491 g/mol. The minimum Gasteiger partial charge on any atom is -0.452 e. The van der Waals surface area contributed by atoms with Gasteiger partial charge in [-0.25, -0.2) is 9.78 Å². The molecule has 30 heavy (non-hydrogen) atoms. The van der Waals surface area contributed by atoms with Crippen molar-refractivity contribution in [2.75, 3.05) is 0 Å². The minimum absolute atomic E-state index is 0.214. The van der Waals surface area contributed by atoms with Crippen molar-refractivity contribution in [3.05, 3.63) is 96.5 Å². The van der Waals surface area contributed by atoms with Gasteiger partial charge in [-0.05, 0) is 30.3 Å². The molecule has 1 N–H and O–H groups in total. The number of hydrogen-bond donors (Lipinski definition) is 1. The molecule has 1 aromatic heterocycles. The van der Waals surface area contributed by atoms with Crippen molar-refractivity contribution >= 4 is 52.4 Å². The molecule has 158 valence electrons. The highest BCUT2D eigenvalue weighted by atomic mass is 35.5. The van der Waals surface area contributed by atoms with Crippen LogP contribution in [0.4, 0.5) is 0 Å². The Bertz CT molecular complexity index is 1030. The van der Waals surface area contributed by atoms with Gasteiger partial charge in [0.25, 0.3) is 5.09 Å². The summed E-state index contributed by atoms with van der Waals surface area (Å²) in [6, 6.07) is 9.59. The van der Waals surface area contributed by atoms with Crippen LogP contribution < -0.4 is 0 Å². The van der Waals surface area contributed by atoms with Gasteiger partial charge in [0, 0.05) is 33.0 Å².